The van der Waals surface area contributed by atoms with Gasteiger partial charge in [0.1, 0.15) is 13.2 Å². The minimum absolute atomic E-state index is 0.0647. The lowest BCUT2D eigenvalue weighted by molar-refractivity contribution is -0.167. The monoisotopic (exact) mass is 1130 g/mol. The Morgan fingerprint density at radius 3 is 0.625 bits per heavy atom. The molecule has 474 valence electrons. The van der Waals surface area contributed by atoms with Gasteiger partial charge in [-0.25, -0.2) is 0 Å². The summed E-state index contributed by atoms with van der Waals surface area (Å²) >= 11 is 0. The van der Waals surface area contributed by atoms with Gasteiger partial charge in [-0.05, 0) is 44.9 Å². The van der Waals surface area contributed by atoms with Gasteiger partial charge in [0.15, 0.2) is 6.10 Å². The molecule has 0 bridgehead atoms. The van der Waals surface area contributed by atoms with Crippen molar-refractivity contribution in [2.24, 2.45) is 0 Å². The van der Waals surface area contributed by atoms with Crippen LogP contribution < -0.4 is 0 Å². The van der Waals surface area contributed by atoms with E-state index < -0.39 is 6.10 Å². The topological polar surface area (TPSA) is 78.9 Å². The Morgan fingerprint density at radius 2 is 0.412 bits per heavy atom. The SMILES string of the molecule is CCCCCCCCC/C=C\CCCCCCCCCC(=O)OC(COC(=O)CCCCCCCCCCCCCCCCCC)COC(=O)CCCCCCCCCCCCCCCCCCCCCCCCCCCCCC. The maximum atomic E-state index is 12.9. The van der Waals surface area contributed by atoms with Crippen molar-refractivity contribution in [1.29, 1.82) is 0 Å². The number of carbonyl (C=O) groups is 3. The van der Waals surface area contributed by atoms with Crippen LogP contribution in [0.2, 0.25) is 0 Å². The number of allylic oxidation sites excluding steroid dienone is 2. The molecule has 0 fully saturated rings. The van der Waals surface area contributed by atoms with Gasteiger partial charge in [0.05, 0.1) is 0 Å². The standard InChI is InChI=1S/C74H142O6/c1-4-7-10-13-16-19-22-25-28-31-33-34-35-36-37-38-39-40-41-42-44-46-49-52-55-58-61-64-67-73(76)79-70-71(69-78-72(75)66-63-60-57-54-51-48-45-30-27-24-21-18-15-12-9-6-3)80-74(77)68-65-62-59-56-53-50-47-43-32-29-26-23-20-17-14-11-8-5-2/h29,32,71H,4-28,30-31,33-70H2,1-3H3/b32-29-. The number of unbranched alkanes of at least 4 members (excludes halogenated alkanes) is 56. The average Bonchev–Trinajstić information content (AvgIpc) is 3.46. The summed E-state index contributed by atoms with van der Waals surface area (Å²) in [4.78, 5) is 38.5. The van der Waals surface area contributed by atoms with Gasteiger partial charge in [0.2, 0.25) is 0 Å². The number of hydrogen-bond acceptors (Lipinski definition) is 6. The van der Waals surface area contributed by atoms with Gasteiger partial charge in [0.25, 0.3) is 0 Å². The maximum absolute atomic E-state index is 12.9. The third-order valence-electron chi connectivity index (χ3n) is 17.0. The third kappa shape index (κ3) is 66.9. The van der Waals surface area contributed by atoms with Crippen molar-refractivity contribution >= 4 is 17.9 Å². The second-order valence-corrected chi connectivity index (χ2v) is 25.2. The zero-order valence-electron chi connectivity index (χ0n) is 54.6. The van der Waals surface area contributed by atoms with E-state index in [1.165, 1.54) is 327 Å². The maximum Gasteiger partial charge on any atom is 0.306 e. The molecule has 0 aliphatic heterocycles. The summed E-state index contributed by atoms with van der Waals surface area (Å²) in [5.41, 5.74) is 0. The van der Waals surface area contributed by atoms with Crippen LogP contribution in [-0.2, 0) is 28.6 Å². The van der Waals surface area contributed by atoms with E-state index in [9.17, 15) is 14.4 Å². The largest absolute Gasteiger partial charge is 0.462 e. The van der Waals surface area contributed by atoms with Crippen molar-refractivity contribution in [2.75, 3.05) is 13.2 Å². The Balaban J connectivity index is 4.20. The Bertz CT molecular complexity index is 1250. The summed E-state index contributed by atoms with van der Waals surface area (Å²) < 4.78 is 17.0. The first-order valence-electron chi connectivity index (χ1n) is 36.7. The molecule has 1 unspecified atom stereocenters. The van der Waals surface area contributed by atoms with Crippen LogP contribution in [0.1, 0.15) is 425 Å². The molecule has 0 aromatic rings. The van der Waals surface area contributed by atoms with Gasteiger partial charge in [-0.2, -0.15) is 0 Å². The van der Waals surface area contributed by atoms with E-state index in [2.05, 4.69) is 32.9 Å². The number of hydrogen-bond donors (Lipinski definition) is 0. The first-order valence-corrected chi connectivity index (χ1v) is 36.7. The molecule has 0 saturated carbocycles. The summed E-state index contributed by atoms with van der Waals surface area (Å²) in [6.07, 6.45) is 83.9. The van der Waals surface area contributed by atoms with Crippen molar-refractivity contribution < 1.29 is 28.6 Å². The van der Waals surface area contributed by atoms with Crippen LogP contribution in [0, 0.1) is 0 Å². The smallest absolute Gasteiger partial charge is 0.306 e. The van der Waals surface area contributed by atoms with Crippen LogP contribution in [-0.4, -0.2) is 37.2 Å². The van der Waals surface area contributed by atoms with E-state index >= 15 is 0 Å². The summed E-state index contributed by atoms with van der Waals surface area (Å²) in [5.74, 6) is -0.832. The molecule has 0 aliphatic carbocycles. The molecule has 0 N–H and O–H groups in total. The summed E-state index contributed by atoms with van der Waals surface area (Å²) in [5, 5.41) is 0. The fourth-order valence-electron chi connectivity index (χ4n) is 11.5. The van der Waals surface area contributed by atoms with Gasteiger partial charge in [-0.3, -0.25) is 14.4 Å². The normalized spacial score (nSPS) is 12.0. The van der Waals surface area contributed by atoms with Crippen molar-refractivity contribution in [3.63, 3.8) is 0 Å². The van der Waals surface area contributed by atoms with E-state index in [0.717, 1.165) is 57.8 Å². The quantitative estimate of drug-likeness (QED) is 0.0261. The Labute approximate surface area is 501 Å². The van der Waals surface area contributed by atoms with Crippen LogP contribution in [0.4, 0.5) is 0 Å². The molecule has 0 saturated heterocycles. The molecule has 80 heavy (non-hydrogen) atoms. The van der Waals surface area contributed by atoms with Gasteiger partial charge >= 0.3 is 17.9 Å². The van der Waals surface area contributed by atoms with Crippen LogP contribution in [0.25, 0.3) is 0 Å². The van der Waals surface area contributed by atoms with E-state index in [-0.39, 0.29) is 31.1 Å². The third-order valence-corrected chi connectivity index (χ3v) is 17.0. The summed E-state index contributed by atoms with van der Waals surface area (Å²) in [6, 6.07) is 0. The van der Waals surface area contributed by atoms with Gasteiger partial charge in [-0.15, -0.1) is 0 Å². The van der Waals surface area contributed by atoms with Crippen LogP contribution in [0.5, 0.6) is 0 Å². The van der Waals surface area contributed by atoms with Crippen LogP contribution >= 0.6 is 0 Å². The molecule has 0 aromatic carbocycles. The second-order valence-electron chi connectivity index (χ2n) is 25.2. The summed E-state index contributed by atoms with van der Waals surface area (Å²) in [6.45, 7) is 6.73. The highest BCUT2D eigenvalue weighted by molar-refractivity contribution is 5.71. The predicted octanol–water partition coefficient (Wildman–Crippen LogP) is 25.2. The minimum atomic E-state index is -0.769. The lowest BCUT2D eigenvalue weighted by Gasteiger charge is -2.18. The average molecular weight is 1130 g/mol. The van der Waals surface area contributed by atoms with Crippen LogP contribution in [0.3, 0.4) is 0 Å². The lowest BCUT2D eigenvalue weighted by Crippen LogP contribution is -2.30. The van der Waals surface area contributed by atoms with Crippen molar-refractivity contribution in [3.05, 3.63) is 12.2 Å². The highest BCUT2D eigenvalue weighted by Gasteiger charge is 2.20. The molecule has 0 heterocycles. The van der Waals surface area contributed by atoms with Crippen molar-refractivity contribution in [2.45, 2.75) is 431 Å². The number of rotatable bonds is 69. The van der Waals surface area contributed by atoms with Crippen molar-refractivity contribution in [3.8, 4) is 0 Å². The fraction of sp³-hybridized carbons (Fsp3) is 0.932. The molecule has 0 amide bonds. The molecular formula is C74H142O6. The van der Waals surface area contributed by atoms with Gasteiger partial charge in [0, 0.05) is 19.3 Å². The summed E-state index contributed by atoms with van der Waals surface area (Å²) in [7, 11) is 0. The molecule has 6 nitrogen and oxygen atoms in total. The molecule has 1 atom stereocenters. The number of carbonyl (C=O) groups excluding carboxylic acids is 3. The van der Waals surface area contributed by atoms with E-state index in [0.29, 0.717) is 19.3 Å². The zero-order valence-corrected chi connectivity index (χ0v) is 54.6. The zero-order chi connectivity index (χ0) is 57.8. The molecule has 0 rings (SSSR count). The molecule has 0 aromatic heterocycles. The first kappa shape index (κ1) is 78.1. The molecular weight excluding hydrogens is 985 g/mol. The van der Waals surface area contributed by atoms with Gasteiger partial charge < -0.3 is 14.2 Å². The Morgan fingerprint density at radius 1 is 0.237 bits per heavy atom. The molecule has 0 radical (unpaired) electrons. The fourth-order valence-corrected chi connectivity index (χ4v) is 11.5. The highest BCUT2D eigenvalue weighted by Crippen LogP contribution is 2.19. The van der Waals surface area contributed by atoms with E-state index in [1.807, 2.05) is 0 Å². The first-order chi connectivity index (χ1) is 39.5. The van der Waals surface area contributed by atoms with Crippen molar-refractivity contribution in [1.82, 2.24) is 0 Å². The Kier molecular flexibility index (Phi) is 68.0. The van der Waals surface area contributed by atoms with Gasteiger partial charge in [-0.1, -0.05) is 373 Å². The second kappa shape index (κ2) is 69.6. The minimum Gasteiger partial charge on any atom is -0.462 e. The lowest BCUT2D eigenvalue weighted by atomic mass is 10.0. The highest BCUT2D eigenvalue weighted by atomic mass is 16.6. The van der Waals surface area contributed by atoms with Crippen LogP contribution in [0.15, 0.2) is 12.2 Å². The van der Waals surface area contributed by atoms with E-state index in [1.54, 1.807) is 0 Å². The molecule has 0 aliphatic rings. The number of esters is 3. The predicted molar refractivity (Wildman–Crippen MR) is 349 cm³/mol. The Hall–Kier alpha value is -1.85. The molecule has 6 heteroatoms. The van der Waals surface area contributed by atoms with E-state index in [4.69, 9.17) is 14.2 Å². The molecule has 0 spiro atoms. The number of ether oxygens (including phenoxy) is 3.